The molecule has 0 aliphatic heterocycles. The Morgan fingerprint density at radius 1 is 1.28 bits per heavy atom. The molecular formula is C16H27NO. The molecule has 0 aromatic rings. The largest absolute Gasteiger partial charge is 0.383 e. The van der Waals surface area contributed by atoms with Gasteiger partial charge in [-0.1, -0.05) is 11.6 Å². The van der Waals surface area contributed by atoms with Gasteiger partial charge in [0.05, 0.1) is 6.61 Å². The Morgan fingerprint density at radius 2 is 2.11 bits per heavy atom. The Balaban J connectivity index is 1.60. The highest BCUT2D eigenvalue weighted by molar-refractivity contribution is 5.27. The SMILES string of the molecule is COCCNCC1(C2=CCCCC2)CC2(CC2)C1. The van der Waals surface area contributed by atoms with Crippen LogP contribution in [0.2, 0.25) is 0 Å². The fourth-order valence-electron chi connectivity index (χ4n) is 4.20. The summed E-state index contributed by atoms with van der Waals surface area (Å²) in [6.07, 6.45) is 14.0. The first-order valence-electron chi connectivity index (χ1n) is 7.68. The average Bonchev–Trinajstić information content (AvgIpc) is 3.15. The monoisotopic (exact) mass is 249 g/mol. The number of methoxy groups -OCH3 is 1. The summed E-state index contributed by atoms with van der Waals surface area (Å²) in [5.41, 5.74) is 3.11. The third-order valence-corrected chi connectivity index (χ3v) is 5.30. The molecule has 0 heterocycles. The van der Waals surface area contributed by atoms with E-state index in [1.807, 2.05) is 0 Å². The zero-order valence-corrected chi connectivity index (χ0v) is 11.8. The molecule has 0 aromatic carbocycles. The predicted molar refractivity (Wildman–Crippen MR) is 74.6 cm³/mol. The van der Waals surface area contributed by atoms with Gasteiger partial charge in [0.15, 0.2) is 0 Å². The minimum atomic E-state index is 0.532. The first-order chi connectivity index (χ1) is 8.79. The van der Waals surface area contributed by atoms with Crippen molar-refractivity contribution >= 4 is 0 Å². The van der Waals surface area contributed by atoms with Gasteiger partial charge in [0.25, 0.3) is 0 Å². The Morgan fingerprint density at radius 3 is 2.72 bits per heavy atom. The van der Waals surface area contributed by atoms with E-state index in [0.717, 1.165) is 18.6 Å². The van der Waals surface area contributed by atoms with Gasteiger partial charge in [0, 0.05) is 25.6 Å². The fraction of sp³-hybridized carbons (Fsp3) is 0.875. The molecule has 0 radical (unpaired) electrons. The maximum absolute atomic E-state index is 5.13. The lowest BCUT2D eigenvalue weighted by Gasteiger charge is -2.51. The third kappa shape index (κ3) is 2.37. The van der Waals surface area contributed by atoms with Crippen molar-refractivity contribution in [3.8, 4) is 0 Å². The molecule has 3 aliphatic rings. The molecule has 102 valence electrons. The van der Waals surface area contributed by atoms with Crippen LogP contribution >= 0.6 is 0 Å². The quantitative estimate of drug-likeness (QED) is 0.576. The van der Waals surface area contributed by atoms with Crippen molar-refractivity contribution in [2.75, 3.05) is 26.8 Å². The van der Waals surface area contributed by atoms with E-state index in [4.69, 9.17) is 4.74 Å². The van der Waals surface area contributed by atoms with Gasteiger partial charge < -0.3 is 10.1 Å². The number of hydrogen-bond donors (Lipinski definition) is 1. The highest BCUT2D eigenvalue weighted by Gasteiger charge is 2.61. The van der Waals surface area contributed by atoms with E-state index in [0.29, 0.717) is 5.41 Å². The van der Waals surface area contributed by atoms with Crippen molar-refractivity contribution in [2.24, 2.45) is 10.8 Å². The lowest BCUT2D eigenvalue weighted by atomic mass is 9.54. The van der Waals surface area contributed by atoms with E-state index < -0.39 is 0 Å². The van der Waals surface area contributed by atoms with Crippen LogP contribution in [0.25, 0.3) is 0 Å². The molecule has 2 fully saturated rings. The molecule has 0 saturated heterocycles. The molecule has 1 spiro atoms. The highest BCUT2D eigenvalue weighted by Crippen LogP contribution is 2.71. The van der Waals surface area contributed by atoms with Crippen LogP contribution in [0.1, 0.15) is 51.4 Å². The van der Waals surface area contributed by atoms with Crippen LogP contribution in [-0.2, 0) is 4.74 Å². The molecule has 3 rings (SSSR count). The van der Waals surface area contributed by atoms with Gasteiger partial charge in [-0.2, -0.15) is 0 Å². The third-order valence-electron chi connectivity index (χ3n) is 5.30. The molecule has 0 atom stereocenters. The van der Waals surface area contributed by atoms with Crippen LogP contribution < -0.4 is 5.32 Å². The summed E-state index contributed by atoms with van der Waals surface area (Å²) in [7, 11) is 1.78. The summed E-state index contributed by atoms with van der Waals surface area (Å²) in [6.45, 7) is 3.02. The second kappa shape index (κ2) is 4.97. The van der Waals surface area contributed by atoms with Crippen LogP contribution in [0.3, 0.4) is 0 Å². The van der Waals surface area contributed by atoms with E-state index in [1.54, 1.807) is 12.7 Å². The van der Waals surface area contributed by atoms with E-state index in [2.05, 4.69) is 11.4 Å². The maximum atomic E-state index is 5.13. The topological polar surface area (TPSA) is 21.3 Å². The summed E-state index contributed by atoms with van der Waals surface area (Å²) in [5, 5.41) is 3.63. The first-order valence-corrected chi connectivity index (χ1v) is 7.68. The van der Waals surface area contributed by atoms with Gasteiger partial charge in [-0.25, -0.2) is 0 Å². The summed E-state index contributed by atoms with van der Waals surface area (Å²) >= 11 is 0. The smallest absolute Gasteiger partial charge is 0.0587 e. The molecule has 0 amide bonds. The maximum Gasteiger partial charge on any atom is 0.0587 e. The van der Waals surface area contributed by atoms with Crippen LogP contribution in [-0.4, -0.2) is 26.8 Å². The summed E-state index contributed by atoms with van der Waals surface area (Å²) in [5.74, 6) is 0. The van der Waals surface area contributed by atoms with Gasteiger partial charge in [-0.15, -0.1) is 0 Å². The van der Waals surface area contributed by atoms with Crippen molar-refractivity contribution in [3.05, 3.63) is 11.6 Å². The number of rotatable bonds is 6. The van der Waals surface area contributed by atoms with Crippen LogP contribution in [0.4, 0.5) is 0 Å². The van der Waals surface area contributed by atoms with Crippen LogP contribution in [0, 0.1) is 10.8 Å². The number of ether oxygens (including phenoxy) is 1. The number of hydrogen-bond acceptors (Lipinski definition) is 2. The zero-order valence-electron chi connectivity index (χ0n) is 11.8. The second-order valence-electron chi connectivity index (χ2n) is 6.78. The lowest BCUT2D eigenvalue weighted by molar-refractivity contribution is 0.0654. The summed E-state index contributed by atoms with van der Waals surface area (Å²) < 4.78 is 5.13. The molecule has 2 nitrogen and oxygen atoms in total. The molecular weight excluding hydrogens is 222 g/mol. The molecule has 0 bridgehead atoms. The molecule has 0 unspecified atom stereocenters. The predicted octanol–water partition coefficient (Wildman–Crippen LogP) is 3.28. The van der Waals surface area contributed by atoms with Gasteiger partial charge in [-0.05, 0) is 56.8 Å². The lowest BCUT2D eigenvalue weighted by Crippen LogP contribution is -2.48. The zero-order chi connectivity index (χ0) is 12.5. The molecule has 0 aromatic heterocycles. The Hall–Kier alpha value is -0.340. The first kappa shape index (κ1) is 12.7. The van der Waals surface area contributed by atoms with Gasteiger partial charge in [-0.3, -0.25) is 0 Å². The normalized spacial score (nSPS) is 27.7. The van der Waals surface area contributed by atoms with E-state index in [1.165, 1.54) is 57.9 Å². The van der Waals surface area contributed by atoms with Crippen molar-refractivity contribution in [1.29, 1.82) is 0 Å². The minimum absolute atomic E-state index is 0.532. The van der Waals surface area contributed by atoms with E-state index in [-0.39, 0.29) is 0 Å². The Labute approximate surface area is 111 Å². The van der Waals surface area contributed by atoms with Crippen molar-refractivity contribution in [2.45, 2.75) is 51.4 Å². The molecule has 18 heavy (non-hydrogen) atoms. The summed E-state index contributed by atoms with van der Waals surface area (Å²) in [4.78, 5) is 0. The molecule has 2 saturated carbocycles. The van der Waals surface area contributed by atoms with Crippen molar-refractivity contribution in [3.63, 3.8) is 0 Å². The van der Waals surface area contributed by atoms with Gasteiger partial charge >= 0.3 is 0 Å². The highest BCUT2D eigenvalue weighted by atomic mass is 16.5. The molecule has 3 aliphatic carbocycles. The fourth-order valence-corrected chi connectivity index (χ4v) is 4.20. The van der Waals surface area contributed by atoms with Gasteiger partial charge in [0.2, 0.25) is 0 Å². The summed E-state index contributed by atoms with van der Waals surface area (Å²) in [6, 6.07) is 0. The number of nitrogens with one attached hydrogen (secondary N) is 1. The van der Waals surface area contributed by atoms with E-state index in [9.17, 15) is 0 Å². The Bertz CT molecular complexity index is 322. The number of allylic oxidation sites excluding steroid dienone is 1. The Kier molecular flexibility index (Phi) is 3.50. The second-order valence-corrected chi connectivity index (χ2v) is 6.78. The standard InChI is InChI=1S/C16H27NO/c1-18-10-9-17-13-16(11-15(12-16)7-8-15)14-5-3-2-4-6-14/h5,17H,2-4,6-13H2,1H3. The van der Waals surface area contributed by atoms with Crippen molar-refractivity contribution in [1.82, 2.24) is 5.32 Å². The van der Waals surface area contributed by atoms with Crippen LogP contribution in [0.15, 0.2) is 11.6 Å². The minimum Gasteiger partial charge on any atom is -0.383 e. The van der Waals surface area contributed by atoms with E-state index >= 15 is 0 Å². The average molecular weight is 249 g/mol. The van der Waals surface area contributed by atoms with Gasteiger partial charge in [0.1, 0.15) is 0 Å². The molecule has 2 heteroatoms. The molecule has 1 N–H and O–H groups in total. The van der Waals surface area contributed by atoms with Crippen molar-refractivity contribution < 1.29 is 4.74 Å². The van der Waals surface area contributed by atoms with Crippen LogP contribution in [0.5, 0.6) is 0 Å².